The molecular weight excluding hydrogens is 595 g/mol. The predicted molar refractivity (Wildman–Crippen MR) is 145 cm³/mol. The summed E-state index contributed by atoms with van der Waals surface area (Å²) in [5.74, 6) is 0.455. The van der Waals surface area contributed by atoms with E-state index in [2.05, 4.69) is 10.2 Å². The van der Waals surface area contributed by atoms with Gasteiger partial charge in [-0.3, -0.25) is 0 Å². The SMILES string of the molecule is C[C@@H](O[C@H]1Cc2nnc(C3CCN(C(=O)N(C)C)CC3)n2C[C@@H]1c1ccc(F)cc1)c1cc(C(F)(F)F)cc(C(F)(F)F)c1. The van der Waals surface area contributed by atoms with Crippen LogP contribution in [0, 0.1) is 5.82 Å². The molecule has 1 fully saturated rings. The summed E-state index contributed by atoms with van der Waals surface area (Å²) >= 11 is 0. The summed E-state index contributed by atoms with van der Waals surface area (Å²) in [7, 11) is 3.39. The number of halogens is 7. The van der Waals surface area contributed by atoms with E-state index in [-0.39, 0.29) is 30.0 Å². The number of benzene rings is 2. The average molecular weight is 628 g/mol. The van der Waals surface area contributed by atoms with Gasteiger partial charge in [-0.1, -0.05) is 12.1 Å². The van der Waals surface area contributed by atoms with Gasteiger partial charge in [0.1, 0.15) is 17.5 Å². The number of urea groups is 1. The Hall–Kier alpha value is -3.68. The molecule has 2 aliphatic rings. The largest absolute Gasteiger partial charge is 0.416 e. The standard InChI is InChI=1S/C30H32F7N5O2/c1-17(20-12-21(29(32,33)34)14-22(13-20)30(35,36)37)44-25-15-26-38-39-27(19-8-10-41(11-9-19)28(43)40(2)3)42(26)16-24(25)18-4-6-23(31)7-5-18/h4-7,12-14,17,19,24-25H,8-11,15-16H2,1-3H3/t17-,24-,25+/m1/s1. The molecule has 3 atom stereocenters. The van der Waals surface area contributed by atoms with Gasteiger partial charge in [-0.15, -0.1) is 10.2 Å². The lowest BCUT2D eigenvalue weighted by molar-refractivity contribution is -0.143. The first kappa shape index (κ1) is 31.7. The number of amides is 2. The van der Waals surface area contributed by atoms with Gasteiger partial charge in [0, 0.05) is 52.0 Å². The Kier molecular flexibility index (Phi) is 8.67. The monoisotopic (exact) mass is 627 g/mol. The molecule has 238 valence electrons. The number of nitrogens with zero attached hydrogens (tertiary/aromatic N) is 5. The molecule has 0 unspecified atom stereocenters. The van der Waals surface area contributed by atoms with E-state index in [1.54, 1.807) is 31.1 Å². The van der Waals surface area contributed by atoms with Gasteiger partial charge in [-0.25, -0.2) is 9.18 Å². The second-order valence-electron chi connectivity index (χ2n) is 11.5. The molecule has 3 heterocycles. The van der Waals surface area contributed by atoms with Crippen molar-refractivity contribution in [1.82, 2.24) is 24.6 Å². The van der Waals surface area contributed by atoms with Crippen LogP contribution in [0.4, 0.5) is 35.5 Å². The molecule has 2 aliphatic heterocycles. The van der Waals surface area contributed by atoms with Crippen LogP contribution in [-0.4, -0.2) is 63.9 Å². The molecule has 1 saturated heterocycles. The van der Waals surface area contributed by atoms with Gasteiger partial charge in [0.15, 0.2) is 0 Å². The molecule has 0 radical (unpaired) electrons. The molecule has 14 heteroatoms. The van der Waals surface area contributed by atoms with Crippen molar-refractivity contribution in [3.63, 3.8) is 0 Å². The molecule has 0 spiro atoms. The fourth-order valence-corrected chi connectivity index (χ4v) is 5.98. The lowest BCUT2D eigenvalue weighted by Gasteiger charge is -2.37. The Morgan fingerprint density at radius 1 is 0.955 bits per heavy atom. The number of piperidine rings is 1. The summed E-state index contributed by atoms with van der Waals surface area (Å²) < 4.78 is 103. The van der Waals surface area contributed by atoms with E-state index in [1.807, 2.05) is 4.57 Å². The van der Waals surface area contributed by atoms with Crippen molar-refractivity contribution in [2.45, 2.75) is 69.1 Å². The number of carbonyl (C=O) groups is 1. The highest BCUT2D eigenvalue weighted by Gasteiger charge is 2.40. The molecule has 0 N–H and O–H groups in total. The van der Waals surface area contributed by atoms with Crippen molar-refractivity contribution < 1.29 is 40.3 Å². The summed E-state index contributed by atoms with van der Waals surface area (Å²) in [6.07, 6.45) is -10.3. The van der Waals surface area contributed by atoms with E-state index < -0.39 is 47.4 Å². The minimum Gasteiger partial charge on any atom is -0.369 e. The number of aromatic nitrogens is 3. The molecular formula is C30H32F7N5O2. The molecule has 0 aliphatic carbocycles. The van der Waals surface area contributed by atoms with Crippen LogP contribution in [0.15, 0.2) is 42.5 Å². The zero-order chi connectivity index (χ0) is 32.0. The fourth-order valence-electron chi connectivity index (χ4n) is 5.98. The molecule has 3 aromatic rings. The smallest absolute Gasteiger partial charge is 0.369 e. The molecule has 5 rings (SSSR count). The Labute approximate surface area is 249 Å². The van der Waals surface area contributed by atoms with Crippen molar-refractivity contribution in [3.05, 3.63) is 82.2 Å². The molecule has 0 bridgehead atoms. The fraction of sp³-hybridized carbons (Fsp3) is 0.500. The van der Waals surface area contributed by atoms with Crippen LogP contribution < -0.4 is 0 Å². The first-order chi connectivity index (χ1) is 20.6. The zero-order valence-corrected chi connectivity index (χ0v) is 24.3. The van der Waals surface area contributed by atoms with Crippen molar-refractivity contribution in [2.75, 3.05) is 27.2 Å². The summed E-state index contributed by atoms with van der Waals surface area (Å²) in [4.78, 5) is 15.7. The topological polar surface area (TPSA) is 63.5 Å². The van der Waals surface area contributed by atoms with Crippen molar-refractivity contribution in [1.29, 1.82) is 0 Å². The Morgan fingerprint density at radius 3 is 2.09 bits per heavy atom. The number of carbonyl (C=O) groups excluding carboxylic acids is 1. The van der Waals surface area contributed by atoms with Gasteiger partial charge in [0.2, 0.25) is 0 Å². The van der Waals surface area contributed by atoms with Crippen molar-refractivity contribution in [3.8, 4) is 0 Å². The number of hydrogen-bond donors (Lipinski definition) is 0. The number of rotatable bonds is 5. The number of fused-ring (bicyclic) bond motifs is 1. The summed E-state index contributed by atoms with van der Waals surface area (Å²) in [6, 6.07) is 7.12. The maximum atomic E-state index is 13.8. The highest BCUT2D eigenvalue weighted by Crippen LogP contribution is 2.40. The van der Waals surface area contributed by atoms with E-state index >= 15 is 0 Å². The lowest BCUT2D eigenvalue weighted by Crippen LogP contribution is -2.44. The summed E-state index contributed by atoms with van der Waals surface area (Å²) in [6.45, 7) is 2.82. The minimum atomic E-state index is -4.99. The molecule has 1 aromatic heterocycles. The number of ether oxygens (including phenoxy) is 1. The zero-order valence-electron chi connectivity index (χ0n) is 24.3. The Balaban J connectivity index is 1.43. The second-order valence-corrected chi connectivity index (χ2v) is 11.5. The van der Waals surface area contributed by atoms with E-state index in [4.69, 9.17) is 4.74 Å². The predicted octanol–water partition coefficient (Wildman–Crippen LogP) is 6.80. The first-order valence-corrected chi connectivity index (χ1v) is 14.2. The van der Waals surface area contributed by atoms with Crippen LogP contribution in [0.25, 0.3) is 0 Å². The number of likely N-dealkylation sites (tertiary alicyclic amines) is 1. The molecule has 2 aromatic carbocycles. The first-order valence-electron chi connectivity index (χ1n) is 14.2. The average Bonchev–Trinajstić information content (AvgIpc) is 3.38. The molecule has 0 saturated carbocycles. The third-order valence-electron chi connectivity index (χ3n) is 8.34. The van der Waals surface area contributed by atoms with E-state index in [9.17, 15) is 35.5 Å². The van der Waals surface area contributed by atoms with E-state index in [0.29, 0.717) is 56.0 Å². The van der Waals surface area contributed by atoms with E-state index in [0.717, 1.165) is 5.82 Å². The maximum absolute atomic E-state index is 13.8. The lowest BCUT2D eigenvalue weighted by atomic mass is 9.87. The van der Waals surface area contributed by atoms with Gasteiger partial charge in [0.25, 0.3) is 0 Å². The normalized spacial score (nSPS) is 20.4. The van der Waals surface area contributed by atoms with Crippen molar-refractivity contribution in [2.24, 2.45) is 0 Å². The third-order valence-corrected chi connectivity index (χ3v) is 8.34. The highest BCUT2D eigenvalue weighted by molar-refractivity contribution is 5.73. The molecule has 7 nitrogen and oxygen atoms in total. The van der Waals surface area contributed by atoms with Crippen LogP contribution in [-0.2, 0) is 30.1 Å². The minimum absolute atomic E-state index is 0.0265. The molecule has 2 amide bonds. The Morgan fingerprint density at radius 2 is 1.55 bits per heavy atom. The van der Waals surface area contributed by atoms with E-state index in [1.165, 1.54) is 24.0 Å². The number of hydrogen-bond acceptors (Lipinski definition) is 4. The second kappa shape index (κ2) is 12.0. The van der Waals surface area contributed by atoms with Crippen LogP contribution >= 0.6 is 0 Å². The van der Waals surface area contributed by atoms with Crippen LogP contribution in [0.1, 0.15) is 71.6 Å². The molecule has 44 heavy (non-hydrogen) atoms. The van der Waals surface area contributed by atoms with Gasteiger partial charge in [-0.05, 0) is 61.2 Å². The van der Waals surface area contributed by atoms with Crippen LogP contribution in [0.3, 0.4) is 0 Å². The van der Waals surface area contributed by atoms with Crippen LogP contribution in [0.2, 0.25) is 0 Å². The van der Waals surface area contributed by atoms with Crippen LogP contribution in [0.5, 0.6) is 0 Å². The van der Waals surface area contributed by atoms with Gasteiger partial charge < -0.3 is 19.1 Å². The summed E-state index contributed by atoms with van der Waals surface area (Å²) in [5, 5.41) is 8.82. The van der Waals surface area contributed by atoms with Gasteiger partial charge >= 0.3 is 18.4 Å². The quantitative estimate of drug-likeness (QED) is 0.292. The number of alkyl halides is 6. The highest BCUT2D eigenvalue weighted by atomic mass is 19.4. The maximum Gasteiger partial charge on any atom is 0.416 e. The third kappa shape index (κ3) is 6.69. The van der Waals surface area contributed by atoms with Crippen molar-refractivity contribution >= 4 is 6.03 Å². The Bertz CT molecular complexity index is 1450. The van der Waals surface area contributed by atoms with Gasteiger partial charge in [0.05, 0.1) is 23.3 Å². The summed E-state index contributed by atoms with van der Waals surface area (Å²) in [5.41, 5.74) is -2.41. The van der Waals surface area contributed by atoms with Gasteiger partial charge in [-0.2, -0.15) is 26.3 Å².